The van der Waals surface area contributed by atoms with Gasteiger partial charge in [-0.1, -0.05) is 13.0 Å². The summed E-state index contributed by atoms with van der Waals surface area (Å²) in [6.45, 7) is 7.58. The number of hydrogen-bond donors (Lipinski definition) is 2. The zero-order valence-electron chi connectivity index (χ0n) is 12.3. The van der Waals surface area contributed by atoms with Crippen LogP contribution in [0.2, 0.25) is 0 Å². The SMILES string of the molecule is CCc1ccc(NC(=O)c2c(C)oc(C)c2C)cc1N. The van der Waals surface area contributed by atoms with E-state index in [9.17, 15) is 4.79 Å². The van der Waals surface area contributed by atoms with Crippen LogP contribution in [0, 0.1) is 20.8 Å². The number of nitrogen functional groups attached to an aromatic ring is 1. The van der Waals surface area contributed by atoms with Gasteiger partial charge in [0.25, 0.3) is 5.91 Å². The Morgan fingerprint density at radius 2 is 1.95 bits per heavy atom. The standard InChI is InChI=1S/C16H20N2O2/c1-5-12-6-7-13(8-14(12)17)18-16(19)15-9(2)10(3)20-11(15)4/h6-8H,5,17H2,1-4H3,(H,18,19). The molecule has 0 spiro atoms. The summed E-state index contributed by atoms with van der Waals surface area (Å²) in [4.78, 5) is 12.3. The first-order chi connectivity index (χ1) is 9.43. The van der Waals surface area contributed by atoms with Gasteiger partial charge >= 0.3 is 0 Å². The summed E-state index contributed by atoms with van der Waals surface area (Å²) in [5, 5.41) is 2.87. The molecule has 0 unspecified atom stereocenters. The molecule has 2 rings (SSSR count). The van der Waals surface area contributed by atoms with Gasteiger partial charge < -0.3 is 15.5 Å². The largest absolute Gasteiger partial charge is 0.466 e. The first kappa shape index (κ1) is 14.2. The van der Waals surface area contributed by atoms with Crippen molar-refractivity contribution in [2.45, 2.75) is 34.1 Å². The van der Waals surface area contributed by atoms with Crippen molar-refractivity contribution in [2.24, 2.45) is 0 Å². The second-order valence-electron chi connectivity index (χ2n) is 4.94. The summed E-state index contributed by atoms with van der Waals surface area (Å²) < 4.78 is 5.48. The van der Waals surface area contributed by atoms with Gasteiger partial charge in [0.15, 0.2) is 0 Å². The second kappa shape index (κ2) is 5.41. The predicted molar refractivity (Wildman–Crippen MR) is 81.1 cm³/mol. The van der Waals surface area contributed by atoms with Crippen molar-refractivity contribution < 1.29 is 9.21 Å². The van der Waals surface area contributed by atoms with E-state index in [-0.39, 0.29) is 5.91 Å². The number of carbonyl (C=O) groups excluding carboxylic acids is 1. The van der Waals surface area contributed by atoms with Gasteiger partial charge in [-0.3, -0.25) is 4.79 Å². The normalized spacial score (nSPS) is 10.6. The molecule has 0 fully saturated rings. The molecule has 0 saturated heterocycles. The summed E-state index contributed by atoms with van der Waals surface area (Å²) in [6, 6.07) is 5.59. The molecule has 0 aliphatic carbocycles. The van der Waals surface area contributed by atoms with E-state index in [1.165, 1.54) is 0 Å². The number of hydrogen-bond acceptors (Lipinski definition) is 3. The number of furan rings is 1. The fourth-order valence-electron chi connectivity index (χ4n) is 2.32. The van der Waals surface area contributed by atoms with Crippen molar-refractivity contribution in [1.82, 2.24) is 0 Å². The Balaban J connectivity index is 2.26. The Morgan fingerprint density at radius 1 is 1.25 bits per heavy atom. The van der Waals surface area contributed by atoms with Crippen LogP contribution in [-0.2, 0) is 6.42 Å². The molecule has 1 heterocycles. The first-order valence-corrected chi connectivity index (χ1v) is 6.70. The van der Waals surface area contributed by atoms with Crippen molar-refractivity contribution in [3.63, 3.8) is 0 Å². The maximum absolute atomic E-state index is 12.3. The maximum Gasteiger partial charge on any atom is 0.259 e. The average molecular weight is 272 g/mol. The van der Waals surface area contributed by atoms with Gasteiger partial charge in [-0.15, -0.1) is 0 Å². The highest BCUT2D eigenvalue weighted by molar-refractivity contribution is 6.06. The minimum Gasteiger partial charge on any atom is -0.466 e. The Labute approximate surface area is 119 Å². The number of nitrogens with two attached hydrogens (primary N) is 1. The number of benzene rings is 1. The lowest BCUT2D eigenvalue weighted by Gasteiger charge is -2.08. The van der Waals surface area contributed by atoms with Crippen molar-refractivity contribution in [2.75, 3.05) is 11.1 Å². The highest BCUT2D eigenvalue weighted by Crippen LogP contribution is 2.23. The molecular formula is C16H20N2O2. The van der Waals surface area contributed by atoms with E-state index in [1.807, 2.05) is 32.9 Å². The Hall–Kier alpha value is -2.23. The maximum atomic E-state index is 12.3. The van der Waals surface area contributed by atoms with Gasteiger partial charge in [0.05, 0.1) is 5.56 Å². The first-order valence-electron chi connectivity index (χ1n) is 6.70. The highest BCUT2D eigenvalue weighted by atomic mass is 16.3. The molecule has 0 bridgehead atoms. The Bertz CT molecular complexity index is 657. The highest BCUT2D eigenvalue weighted by Gasteiger charge is 2.18. The molecule has 4 nitrogen and oxygen atoms in total. The molecular weight excluding hydrogens is 252 g/mol. The van der Waals surface area contributed by atoms with Crippen molar-refractivity contribution >= 4 is 17.3 Å². The summed E-state index contributed by atoms with van der Waals surface area (Å²) in [5.74, 6) is 1.24. The third kappa shape index (κ3) is 2.54. The van der Waals surface area contributed by atoms with E-state index in [1.54, 1.807) is 13.0 Å². The average Bonchev–Trinajstić information content (AvgIpc) is 2.63. The van der Waals surface area contributed by atoms with Gasteiger partial charge in [-0.05, 0) is 44.9 Å². The van der Waals surface area contributed by atoms with Crippen LogP contribution in [0.25, 0.3) is 0 Å². The molecule has 20 heavy (non-hydrogen) atoms. The number of anilines is 2. The van der Waals surface area contributed by atoms with Crippen LogP contribution in [-0.4, -0.2) is 5.91 Å². The number of nitrogens with one attached hydrogen (secondary N) is 1. The number of amides is 1. The van der Waals surface area contributed by atoms with Gasteiger partial charge in [0.2, 0.25) is 0 Å². The van der Waals surface area contributed by atoms with E-state index in [0.717, 1.165) is 23.3 Å². The number of carbonyl (C=O) groups is 1. The summed E-state index contributed by atoms with van der Waals surface area (Å²) >= 11 is 0. The zero-order valence-corrected chi connectivity index (χ0v) is 12.3. The van der Waals surface area contributed by atoms with Gasteiger partial charge in [-0.2, -0.15) is 0 Å². The third-order valence-electron chi connectivity index (χ3n) is 3.57. The minimum absolute atomic E-state index is 0.166. The van der Waals surface area contributed by atoms with E-state index in [4.69, 9.17) is 10.2 Å². The van der Waals surface area contributed by atoms with Crippen LogP contribution < -0.4 is 11.1 Å². The summed E-state index contributed by atoms with van der Waals surface area (Å²) in [5.41, 5.74) is 9.88. The molecule has 3 N–H and O–H groups in total. The number of aryl methyl sites for hydroxylation is 3. The minimum atomic E-state index is -0.166. The molecule has 2 aromatic rings. The van der Waals surface area contributed by atoms with Crippen molar-refractivity contribution in [3.8, 4) is 0 Å². The summed E-state index contributed by atoms with van der Waals surface area (Å²) in [7, 11) is 0. The molecule has 1 aromatic heterocycles. The van der Waals surface area contributed by atoms with Gasteiger partial charge in [0, 0.05) is 16.9 Å². The molecule has 4 heteroatoms. The summed E-state index contributed by atoms with van der Waals surface area (Å²) in [6.07, 6.45) is 0.874. The van der Waals surface area contributed by atoms with Crippen molar-refractivity contribution in [1.29, 1.82) is 0 Å². The molecule has 1 aromatic carbocycles. The Morgan fingerprint density at radius 3 is 2.45 bits per heavy atom. The van der Waals surface area contributed by atoms with E-state index in [0.29, 0.717) is 22.7 Å². The smallest absolute Gasteiger partial charge is 0.259 e. The lowest BCUT2D eigenvalue weighted by atomic mass is 10.1. The van der Waals surface area contributed by atoms with E-state index >= 15 is 0 Å². The van der Waals surface area contributed by atoms with E-state index in [2.05, 4.69) is 5.32 Å². The van der Waals surface area contributed by atoms with Crippen LogP contribution in [0.5, 0.6) is 0 Å². The van der Waals surface area contributed by atoms with Crippen molar-refractivity contribution in [3.05, 3.63) is 46.4 Å². The molecule has 0 aliphatic rings. The van der Waals surface area contributed by atoms with Crippen LogP contribution in [0.4, 0.5) is 11.4 Å². The van der Waals surface area contributed by atoms with Gasteiger partial charge in [-0.25, -0.2) is 0 Å². The fourth-order valence-corrected chi connectivity index (χ4v) is 2.32. The zero-order chi connectivity index (χ0) is 14.9. The monoisotopic (exact) mass is 272 g/mol. The Kier molecular flexibility index (Phi) is 3.84. The lowest BCUT2D eigenvalue weighted by molar-refractivity contribution is 0.102. The molecule has 106 valence electrons. The van der Waals surface area contributed by atoms with Gasteiger partial charge in [0.1, 0.15) is 11.5 Å². The second-order valence-corrected chi connectivity index (χ2v) is 4.94. The molecule has 0 atom stereocenters. The molecule has 0 aliphatic heterocycles. The lowest BCUT2D eigenvalue weighted by Crippen LogP contribution is -2.13. The number of rotatable bonds is 3. The van der Waals surface area contributed by atoms with Crippen LogP contribution in [0.1, 0.15) is 39.9 Å². The molecule has 0 radical (unpaired) electrons. The van der Waals surface area contributed by atoms with Crippen LogP contribution in [0.15, 0.2) is 22.6 Å². The predicted octanol–water partition coefficient (Wildman–Crippen LogP) is 3.60. The quantitative estimate of drug-likeness (QED) is 0.839. The van der Waals surface area contributed by atoms with E-state index < -0.39 is 0 Å². The topological polar surface area (TPSA) is 68.3 Å². The molecule has 1 amide bonds. The van der Waals surface area contributed by atoms with Crippen LogP contribution >= 0.6 is 0 Å². The third-order valence-corrected chi connectivity index (χ3v) is 3.57. The molecule has 0 saturated carbocycles. The fraction of sp³-hybridized carbons (Fsp3) is 0.312. The van der Waals surface area contributed by atoms with Crippen LogP contribution in [0.3, 0.4) is 0 Å².